The highest BCUT2D eigenvalue weighted by atomic mass is 79.9. The van der Waals surface area contributed by atoms with Gasteiger partial charge in [-0.3, -0.25) is 9.59 Å². The van der Waals surface area contributed by atoms with Gasteiger partial charge in [0, 0.05) is 24.1 Å². The zero-order valence-corrected chi connectivity index (χ0v) is 18.4. The number of ether oxygens (including phenoxy) is 1. The van der Waals surface area contributed by atoms with E-state index in [1.54, 1.807) is 38.2 Å². The molecule has 1 heterocycles. The molecule has 30 heavy (non-hydrogen) atoms. The van der Waals surface area contributed by atoms with E-state index in [0.29, 0.717) is 28.7 Å². The van der Waals surface area contributed by atoms with Crippen LogP contribution >= 0.6 is 15.9 Å². The Balaban J connectivity index is 1.64. The van der Waals surface area contributed by atoms with Crippen LogP contribution in [0.1, 0.15) is 27.6 Å². The van der Waals surface area contributed by atoms with Crippen LogP contribution in [0, 0.1) is 13.8 Å². The minimum absolute atomic E-state index is 0.0642. The van der Waals surface area contributed by atoms with Crippen molar-refractivity contribution in [1.29, 1.82) is 0 Å². The predicted molar refractivity (Wildman–Crippen MR) is 114 cm³/mol. The van der Waals surface area contributed by atoms with Crippen molar-refractivity contribution in [3.8, 4) is 5.75 Å². The molecule has 0 aliphatic heterocycles. The van der Waals surface area contributed by atoms with Gasteiger partial charge in [0.2, 0.25) is 17.6 Å². The van der Waals surface area contributed by atoms with Crippen LogP contribution in [-0.4, -0.2) is 40.4 Å². The quantitative estimate of drug-likeness (QED) is 0.562. The van der Waals surface area contributed by atoms with Gasteiger partial charge >= 0.3 is 0 Å². The van der Waals surface area contributed by atoms with Gasteiger partial charge in [0.1, 0.15) is 5.75 Å². The molecule has 1 aromatic heterocycles. The Morgan fingerprint density at radius 1 is 1.20 bits per heavy atom. The lowest BCUT2D eigenvalue weighted by Crippen LogP contribution is -2.35. The maximum Gasteiger partial charge on any atom is 0.257 e. The standard InChI is InChI=1S/C21H21BrN4O4/c1-13-10-15(22)8-9-17(13)24-20(27)11-26(3)21(28)16-6-4-5-7-18(16)29-12-19-23-14(2)30-25-19/h4-10H,11-12H2,1-3H3,(H,24,27). The molecule has 0 spiro atoms. The zero-order valence-electron chi connectivity index (χ0n) is 16.8. The van der Waals surface area contributed by atoms with Crippen LogP contribution < -0.4 is 10.1 Å². The van der Waals surface area contributed by atoms with E-state index >= 15 is 0 Å². The molecule has 8 nitrogen and oxygen atoms in total. The van der Waals surface area contributed by atoms with Gasteiger partial charge in [-0.25, -0.2) is 0 Å². The van der Waals surface area contributed by atoms with Crippen LogP contribution in [0.4, 0.5) is 5.69 Å². The molecular weight excluding hydrogens is 452 g/mol. The second kappa shape index (κ2) is 9.53. The number of halogens is 1. The Kier molecular flexibility index (Phi) is 6.83. The van der Waals surface area contributed by atoms with E-state index < -0.39 is 0 Å². The number of likely N-dealkylation sites (N-methyl/N-ethyl adjacent to an activating group) is 1. The Morgan fingerprint density at radius 2 is 1.97 bits per heavy atom. The van der Waals surface area contributed by atoms with Crippen molar-refractivity contribution >= 4 is 33.4 Å². The third-order valence-corrected chi connectivity index (χ3v) is 4.73. The molecule has 0 atom stereocenters. The maximum absolute atomic E-state index is 12.9. The Morgan fingerprint density at radius 3 is 2.67 bits per heavy atom. The highest BCUT2D eigenvalue weighted by Crippen LogP contribution is 2.22. The summed E-state index contributed by atoms with van der Waals surface area (Å²) >= 11 is 3.39. The molecule has 0 bridgehead atoms. The van der Waals surface area contributed by atoms with Crippen molar-refractivity contribution in [3.05, 3.63) is 69.8 Å². The summed E-state index contributed by atoms with van der Waals surface area (Å²) in [6, 6.07) is 12.4. The number of nitrogens with one attached hydrogen (secondary N) is 1. The Bertz CT molecular complexity index is 1070. The van der Waals surface area contributed by atoms with Crippen molar-refractivity contribution in [1.82, 2.24) is 15.0 Å². The van der Waals surface area contributed by atoms with Crippen molar-refractivity contribution in [2.45, 2.75) is 20.5 Å². The van der Waals surface area contributed by atoms with Crippen LogP contribution in [0.2, 0.25) is 0 Å². The fraction of sp³-hybridized carbons (Fsp3) is 0.238. The molecule has 0 saturated carbocycles. The van der Waals surface area contributed by atoms with Crippen molar-refractivity contribution in [2.75, 3.05) is 18.9 Å². The molecule has 0 aliphatic carbocycles. The Labute approximate surface area is 182 Å². The zero-order chi connectivity index (χ0) is 21.7. The first kappa shape index (κ1) is 21.5. The van der Waals surface area contributed by atoms with Crippen LogP contribution in [-0.2, 0) is 11.4 Å². The molecule has 9 heteroatoms. The molecule has 156 valence electrons. The molecule has 0 unspecified atom stereocenters. The molecule has 0 saturated heterocycles. The molecule has 1 N–H and O–H groups in total. The summed E-state index contributed by atoms with van der Waals surface area (Å²) in [5, 5.41) is 6.60. The summed E-state index contributed by atoms with van der Waals surface area (Å²) in [6.07, 6.45) is 0. The van der Waals surface area contributed by atoms with Crippen LogP contribution in [0.25, 0.3) is 0 Å². The molecule has 0 fully saturated rings. The summed E-state index contributed by atoms with van der Waals surface area (Å²) in [6.45, 7) is 3.54. The SMILES string of the molecule is Cc1nc(COc2ccccc2C(=O)N(C)CC(=O)Nc2ccc(Br)cc2C)no1. The number of rotatable bonds is 7. The molecule has 0 aliphatic rings. The summed E-state index contributed by atoms with van der Waals surface area (Å²) in [4.78, 5) is 30.7. The number of carbonyl (C=O) groups is 2. The summed E-state index contributed by atoms with van der Waals surface area (Å²) in [7, 11) is 1.57. The molecular formula is C21H21BrN4O4. The predicted octanol–water partition coefficient (Wildman–Crippen LogP) is 3.74. The third kappa shape index (κ3) is 5.44. The van der Waals surface area contributed by atoms with Crippen molar-refractivity contribution < 1.29 is 18.8 Å². The van der Waals surface area contributed by atoms with Crippen LogP contribution in [0.5, 0.6) is 5.75 Å². The minimum Gasteiger partial charge on any atom is -0.485 e. The van der Waals surface area contributed by atoms with E-state index in [-0.39, 0.29) is 25.0 Å². The molecule has 3 aromatic rings. The third-order valence-electron chi connectivity index (χ3n) is 4.23. The fourth-order valence-corrected chi connectivity index (χ4v) is 3.24. The van der Waals surface area contributed by atoms with Crippen LogP contribution in [0.3, 0.4) is 0 Å². The average Bonchev–Trinajstić information content (AvgIpc) is 3.13. The molecule has 3 rings (SSSR count). The van der Waals surface area contributed by atoms with Gasteiger partial charge in [-0.05, 0) is 42.8 Å². The number of nitrogens with zero attached hydrogens (tertiary/aromatic N) is 3. The average molecular weight is 473 g/mol. The smallest absolute Gasteiger partial charge is 0.257 e. The number of aromatic nitrogens is 2. The number of anilines is 1. The van der Waals surface area contributed by atoms with Gasteiger partial charge in [0.15, 0.2) is 6.61 Å². The number of amides is 2. The van der Waals surface area contributed by atoms with Crippen LogP contribution in [0.15, 0.2) is 51.5 Å². The summed E-state index contributed by atoms with van der Waals surface area (Å²) in [5.41, 5.74) is 1.96. The number of hydrogen-bond donors (Lipinski definition) is 1. The van der Waals surface area contributed by atoms with Gasteiger partial charge in [0.05, 0.1) is 12.1 Å². The second-order valence-corrected chi connectivity index (χ2v) is 7.60. The van der Waals surface area contributed by atoms with Gasteiger partial charge in [-0.1, -0.05) is 33.2 Å². The molecule has 0 radical (unpaired) electrons. The number of benzene rings is 2. The van der Waals surface area contributed by atoms with E-state index in [1.165, 1.54) is 4.90 Å². The van der Waals surface area contributed by atoms with Gasteiger partial charge in [-0.2, -0.15) is 4.98 Å². The molecule has 2 aromatic carbocycles. The second-order valence-electron chi connectivity index (χ2n) is 6.68. The largest absolute Gasteiger partial charge is 0.485 e. The summed E-state index contributed by atoms with van der Waals surface area (Å²) in [5.74, 6) is 0.563. The first-order valence-electron chi connectivity index (χ1n) is 9.16. The monoisotopic (exact) mass is 472 g/mol. The highest BCUT2D eigenvalue weighted by molar-refractivity contribution is 9.10. The van der Waals surface area contributed by atoms with Crippen molar-refractivity contribution in [3.63, 3.8) is 0 Å². The first-order chi connectivity index (χ1) is 14.3. The lowest BCUT2D eigenvalue weighted by atomic mass is 10.1. The number of aryl methyl sites for hydroxylation is 2. The number of para-hydroxylation sites is 1. The van der Waals surface area contributed by atoms with Crippen molar-refractivity contribution in [2.24, 2.45) is 0 Å². The summed E-state index contributed by atoms with van der Waals surface area (Å²) < 4.78 is 11.5. The van der Waals surface area contributed by atoms with E-state index in [4.69, 9.17) is 9.26 Å². The normalized spacial score (nSPS) is 10.5. The maximum atomic E-state index is 12.9. The first-order valence-corrected chi connectivity index (χ1v) is 9.95. The lowest BCUT2D eigenvalue weighted by molar-refractivity contribution is -0.116. The molecule has 2 amide bonds. The Hall–Kier alpha value is -3.20. The fourth-order valence-electron chi connectivity index (χ4n) is 2.76. The van der Waals surface area contributed by atoms with Gasteiger partial charge in [0.25, 0.3) is 5.91 Å². The minimum atomic E-state index is -0.336. The van der Waals surface area contributed by atoms with E-state index in [2.05, 4.69) is 31.4 Å². The highest BCUT2D eigenvalue weighted by Gasteiger charge is 2.19. The lowest BCUT2D eigenvalue weighted by Gasteiger charge is -2.19. The van der Waals surface area contributed by atoms with Gasteiger partial charge in [-0.15, -0.1) is 0 Å². The number of hydrogen-bond acceptors (Lipinski definition) is 6. The number of carbonyl (C=O) groups excluding carboxylic acids is 2. The topological polar surface area (TPSA) is 97.6 Å². The van der Waals surface area contributed by atoms with E-state index in [0.717, 1.165) is 10.0 Å². The van der Waals surface area contributed by atoms with Gasteiger partial charge < -0.3 is 19.5 Å². The van der Waals surface area contributed by atoms with E-state index in [9.17, 15) is 9.59 Å². The van der Waals surface area contributed by atoms with E-state index in [1.807, 2.05) is 25.1 Å².